The predicted molar refractivity (Wildman–Crippen MR) is 179 cm³/mol. The molecule has 7 aromatic rings. The van der Waals surface area contributed by atoms with Gasteiger partial charge in [-0.05, 0) is 52.6 Å². The van der Waals surface area contributed by atoms with E-state index in [2.05, 4.69) is 94.2 Å². The molecule has 5 aromatic carbocycles. The molecule has 0 atom stereocenters. The Balaban J connectivity index is 1.31. The number of hydrogen-bond donors (Lipinski definition) is 0. The number of nitrogens with zero attached hydrogens (tertiary/aromatic N) is 3. The number of hydrogen-bond acceptors (Lipinski definition) is 2. The Morgan fingerprint density at radius 1 is 0.705 bits per heavy atom. The SMILES string of the molecule is Cn1ccc2cc(C(=O)/C=C/c3ccccc3-c3cn(C(c4ccccc4)(c4ccccc4)c4ccccc4)cn3)ccc21. The molecule has 0 aliphatic rings. The van der Waals surface area contributed by atoms with Crippen molar-refractivity contribution in [3.8, 4) is 11.3 Å². The summed E-state index contributed by atoms with van der Waals surface area (Å²) in [5, 5.41) is 1.05. The van der Waals surface area contributed by atoms with Gasteiger partial charge in [0.2, 0.25) is 0 Å². The van der Waals surface area contributed by atoms with E-state index in [0.717, 1.165) is 44.4 Å². The summed E-state index contributed by atoms with van der Waals surface area (Å²) >= 11 is 0. The smallest absolute Gasteiger partial charge is 0.185 e. The molecular formula is C40H31N3O. The third-order valence-electron chi connectivity index (χ3n) is 8.37. The number of fused-ring (bicyclic) bond motifs is 1. The average Bonchev–Trinajstić information content (AvgIpc) is 3.73. The van der Waals surface area contributed by atoms with Gasteiger partial charge < -0.3 is 9.13 Å². The summed E-state index contributed by atoms with van der Waals surface area (Å²) in [7, 11) is 2.01. The van der Waals surface area contributed by atoms with Crippen molar-refractivity contribution >= 4 is 22.8 Å². The fraction of sp³-hybridized carbons (Fsp3) is 0.0500. The van der Waals surface area contributed by atoms with Gasteiger partial charge in [0.1, 0.15) is 5.54 Å². The summed E-state index contributed by atoms with van der Waals surface area (Å²) in [6.07, 6.45) is 9.59. The van der Waals surface area contributed by atoms with E-state index in [4.69, 9.17) is 4.98 Å². The minimum Gasteiger partial charge on any atom is -0.351 e. The van der Waals surface area contributed by atoms with Crippen LogP contribution in [-0.4, -0.2) is 19.9 Å². The summed E-state index contributed by atoms with van der Waals surface area (Å²) in [6, 6.07) is 47.6. The van der Waals surface area contributed by atoms with Crippen molar-refractivity contribution in [1.82, 2.24) is 14.1 Å². The predicted octanol–water partition coefficient (Wildman–Crippen LogP) is 8.78. The topological polar surface area (TPSA) is 39.8 Å². The Labute approximate surface area is 257 Å². The van der Waals surface area contributed by atoms with Crippen molar-refractivity contribution in [3.63, 3.8) is 0 Å². The second kappa shape index (κ2) is 11.5. The van der Waals surface area contributed by atoms with E-state index in [9.17, 15) is 4.79 Å². The van der Waals surface area contributed by atoms with Crippen LogP contribution in [0.5, 0.6) is 0 Å². The van der Waals surface area contributed by atoms with Gasteiger partial charge in [0.15, 0.2) is 5.78 Å². The lowest BCUT2D eigenvalue weighted by Crippen LogP contribution is -2.36. The van der Waals surface area contributed by atoms with Crippen LogP contribution < -0.4 is 0 Å². The van der Waals surface area contributed by atoms with Gasteiger partial charge in [-0.2, -0.15) is 0 Å². The fourth-order valence-corrected chi connectivity index (χ4v) is 6.20. The first-order valence-electron chi connectivity index (χ1n) is 14.7. The number of imidazole rings is 1. The van der Waals surface area contributed by atoms with Crippen molar-refractivity contribution in [1.29, 1.82) is 0 Å². The van der Waals surface area contributed by atoms with E-state index < -0.39 is 5.54 Å². The number of aromatic nitrogens is 3. The van der Waals surface area contributed by atoms with Crippen LogP contribution in [0.25, 0.3) is 28.2 Å². The Hall–Kier alpha value is -5.74. The molecule has 0 bridgehead atoms. The van der Waals surface area contributed by atoms with Crippen LogP contribution in [0, 0.1) is 0 Å². The zero-order valence-electron chi connectivity index (χ0n) is 24.4. The molecule has 0 unspecified atom stereocenters. The number of aryl methyl sites for hydroxylation is 1. The molecule has 0 aliphatic heterocycles. The van der Waals surface area contributed by atoms with Gasteiger partial charge in [-0.25, -0.2) is 4.98 Å². The van der Waals surface area contributed by atoms with E-state index in [1.54, 1.807) is 6.08 Å². The molecule has 4 heteroatoms. The molecule has 0 fully saturated rings. The number of carbonyl (C=O) groups is 1. The minimum atomic E-state index is -0.647. The molecule has 2 heterocycles. The molecule has 0 aliphatic carbocycles. The second-order valence-electron chi connectivity index (χ2n) is 11.0. The van der Waals surface area contributed by atoms with Crippen molar-refractivity contribution in [2.75, 3.05) is 0 Å². The molecule has 0 N–H and O–H groups in total. The maximum Gasteiger partial charge on any atom is 0.185 e. The van der Waals surface area contributed by atoms with E-state index >= 15 is 0 Å². The van der Waals surface area contributed by atoms with Gasteiger partial charge in [0, 0.05) is 41.5 Å². The molecule has 0 radical (unpaired) electrons. The van der Waals surface area contributed by atoms with E-state index in [-0.39, 0.29) is 5.78 Å². The monoisotopic (exact) mass is 569 g/mol. The molecule has 0 saturated carbocycles. The molecule has 0 spiro atoms. The van der Waals surface area contributed by atoms with E-state index in [0.29, 0.717) is 5.56 Å². The summed E-state index contributed by atoms with van der Waals surface area (Å²) in [5.41, 5.74) is 7.24. The number of benzene rings is 5. The largest absolute Gasteiger partial charge is 0.351 e. The van der Waals surface area contributed by atoms with Crippen LogP contribution in [0.3, 0.4) is 0 Å². The molecule has 0 saturated heterocycles. The van der Waals surface area contributed by atoms with Gasteiger partial charge in [0.25, 0.3) is 0 Å². The number of allylic oxidation sites excluding steroid dienone is 1. The van der Waals surface area contributed by atoms with Crippen LogP contribution in [0.4, 0.5) is 0 Å². The van der Waals surface area contributed by atoms with Crippen molar-refractivity contribution in [2.45, 2.75) is 5.54 Å². The normalized spacial score (nSPS) is 11.8. The highest BCUT2D eigenvalue weighted by molar-refractivity contribution is 6.08. The van der Waals surface area contributed by atoms with Crippen LogP contribution in [0.1, 0.15) is 32.6 Å². The number of ketones is 1. The minimum absolute atomic E-state index is 0.0349. The number of rotatable bonds is 8. The quantitative estimate of drug-likeness (QED) is 0.104. The lowest BCUT2D eigenvalue weighted by Gasteiger charge is -2.37. The van der Waals surface area contributed by atoms with Crippen LogP contribution in [0.2, 0.25) is 0 Å². The Kier molecular flexibility index (Phi) is 7.09. The fourth-order valence-electron chi connectivity index (χ4n) is 6.20. The first-order chi connectivity index (χ1) is 21.6. The lowest BCUT2D eigenvalue weighted by atomic mass is 9.77. The molecule has 44 heavy (non-hydrogen) atoms. The van der Waals surface area contributed by atoms with Gasteiger partial charge in [-0.3, -0.25) is 4.79 Å². The van der Waals surface area contributed by atoms with Crippen LogP contribution >= 0.6 is 0 Å². The molecule has 4 nitrogen and oxygen atoms in total. The van der Waals surface area contributed by atoms with Gasteiger partial charge in [0.05, 0.1) is 12.0 Å². The summed E-state index contributed by atoms with van der Waals surface area (Å²) in [6.45, 7) is 0. The zero-order chi connectivity index (χ0) is 29.9. The Bertz CT molecular complexity index is 1990. The van der Waals surface area contributed by atoms with Gasteiger partial charge in [-0.15, -0.1) is 0 Å². The summed E-state index contributed by atoms with van der Waals surface area (Å²) in [4.78, 5) is 18.2. The van der Waals surface area contributed by atoms with Crippen molar-refractivity contribution < 1.29 is 4.79 Å². The summed E-state index contributed by atoms with van der Waals surface area (Å²) < 4.78 is 4.26. The van der Waals surface area contributed by atoms with Gasteiger partial charge in [-0.1, -0.05) is 121 Å². The highest BCUT2D eigenvalue weighted by atomic mass is 16.1. The zero-order valence-corrected chi connectivity index (χ0v) is 24.4. The molecular weight excluding hydrogens is 538 g/mol. The molecule has 7 rings (SSSR count). The highest BCUT2D eigenvalue weighted by Gasteiger charge is 2.38. The third-order valence-corrected chi connectivity index (χ3v) is 8.37. The number of carbonyl (C=O) groups excluding carboxylic acids is 1. The van der Waals surface area contributed by atoms with Crippen molar-refractivity contribution in [3.05, 3.63) is 192 Å². The molecule has 212 valence electrons. The standard InChI is InChI=1S/C40H31N3O/c1-42-26-25-31-27-32(21-23-38(31)42)39(44)24-22-30-13-11-12-20-36(30)37-28-43(29-41-37)40(33-14-5-2-6-15-33,34-16-7-3-8-17-34)35-18-9-4-10-19-35/h2-29H,1H3/b24-22+. The average molecular weight is 570 g/mol. The Morgan fingerprint density at radius 3 is 1.93 bits per heavy atom. The third kappa shape index (κ3) is 4.77. The van der Waals surface area contributed by atoms with Crippen LogP contribution in [-0.2, 0) is 12.6 Å². The van der Waals surface area contributed by atoms with Crippen molar-refractivity contribution in [2.24, 2.45) is 7.05 Å². The lowest BCUT2D eigenvalue weighted by molar-refractivity contribution is 0.104. The highest BCUT2D eigenvalue weighted by Crippen LogP contribution is 2.41. The second-order valence-corrected chi connectivity index (χ2v) is 11.0. The van der Waals surface area contributed by atoms with E-state index in [1.807, 2.05) is 86.3 Å². The maximum atomic E-state index is 13.2. The van der Waals surface area contributed by atoms with E-state index in [1.165, 1.54) is 0 Å². The Morgan fingerprint density at radius 2 is 1.30 bits per heavy atom. The van der Waals surface area contributed by atoms with Gasteiger partial charge >= 0.3 is 0 Å². The molecule has 0 amide bonds. The molecule has 2 aromatic heterocycles. The van der Waals surface area contributed by atoms with Crippen LogP contribution in [0.15, 0.2) is 164 Å². The summed E-state index contributed by atoms with van der Waals surface area (Å²) in [5.74, 6) is -0.0349. The first-order valence-corrected chi connectivity index (χ1v) is 14.7. The maximum absolute atomic E-state index is 13.2. The first kappa shape index (κ1) is 27.1.